The fraction of sp³-hybridized carbons (Fsp3) is 0.250. The predicted molar refractivity (Wildman–Crippen MR) is 88.3 cm³/mol. The lowest BCUT2D eigenvalue weighted by atomic mass is 10.1. The SMILES string of the molecule is CC(Cc1ccccc1)NCc1ccc(Br)c(Br)c1. The first-order chi connectivity index (χ1) is 9.15. The molecule has 1 atom stereocenters. The summed E-state index contributed by atoms with van der Waals surface area (Å²) in [5, 5.41) is 3.56. The molecule has 1 unspecified atom stereocenters. The van der Waals surface area contributed by atoms with Crippen LogP contribution in [0.1, 0.15) is 18.1 Å². The summed E-state index contributed by atoms with van der Waals surface area (Å²) in [5.74, 6) is 0. The second kappa shape index (κ2) is 7.22. The topological polar surface area (TPSA) is 12.0 Å². The second-order valence-corrected chi connectivity index (χ2v) is 6.43. The Morgan fingerprint density at radius 2 is 1.68 bits per heavy atom. The van der Waals surface area contributed by atoms with Gasteiger partial charge in [0.1, 0.15) is 0 Å². The normalized spacial score (nSPS) is 12.4. The van der Waals surface area contributed by atoms with Crippen molar-refractivity contribution in [3.8, 4) is 0 Å². The summed E-state index contributed by atoms with van der Waals surface area (Å²) in [6.45, 7) is 3.11. The molecular weight excluding hydrogens is 366 g/mol. The maximum Gasteiger partial charge on any atom is 0.0320 e. The maximum atomic E-state index is 3.56. The number of hydrogen-bond donors (Lipinski definition) is 1. The molecule has 100 valence electrons. The molecule has 0 saturated heterocycles. The van der Waals surface area contributed by atoms with Crippen LogP contribution in [0.4, 0.5) is 0 Å². The number of nitrogens with one attached hydrogen (secondary N) is 1. The van der Waals surface area contributed by atoms with Crippen molar-refractivity contribution < 1.29 is 0 Å². The zero-order valence-electron chi connectivity index (χ0n) is 10.9. The van der Waals surface area contributed by atoms with E-state index in [0.717, 1.165) is 21.9 Å². The van der Waals surface area contributed by atoms with Crippen molar-refractivity contribution in [2.75, 3.05) is 0 Å². The van der Waals surface area contributed by atoms with E-state index in [-0.39, 0.29) is 0 Å². The molecule has 0 heterocycles. The van der Waals surface area contributed by atoms with Crippen LogP contribution in [-0.4, -0.2) is 6.04 Å². The van der Waals surface area contributed by atoms with E-state index in [9.17, 15) is 0 Å². The van der Waals surface area contributed by atoms with Gasteiger partial charge in [-0.25, -0.2) is 0 Å². The van der Waals surface area contributed by atoms with Crippen LogP contribution in [-0.2, 0) is 13.0 Å². The molecule has 2 rings (SSSR count). The fourth-order valence-corrected chi connectivity index (χ4v) is 2.65. The summed E-state index contributed by atoms with van der Waals surface area (Å²) in [4.78, 5) is 0. The van der Waals surface area contributed by atoms with Gasteiger partial charge in [0.25, 0.3) is 0 Å². The summed E-state index contributed by atoms with van der Waals surface area (Å²) in [5.41, 5.74) is 2.66. The molecule has 0 saturated carbocycles. The lowest BCUT2D eigenvalue weighted by Gasteiger charge is -2.14. The molecule has 0 aliphatic carbocycles. The molecular formula is C16H17Br2N. The Hall–Kier alpha value is -0.640. The van der Waals surface area contributed by atoms with Crippen molar-refractivity contribution in [2.45, 2.75) is 25.9 Å². The number of rotatable bonds is 5. The molecule has 0 aliphatic rings. The molecule has 0 radical (unpaired) electrons. The third-order valence-corrected chi connectivity index (χ3v) is 4.90. The Balaban J connectivity index is 1.86. The van der Waals surface area contributed by atoms with Crippen LogP contribution in [0.3, 0.4) is 0 Å². The van der Waals surface area contributed by atoms with Gasteiger partial charge in [-0.2, -0.15) is 0 Å². The van der Waals surface area contributed by atoms with Crippen molar-refractivity contribution in [3.63, 3.8) is 0 Å². The third-order valence-electron chi connectivity index (χ3n) is 3.02. The van der Waals surface area contributed by atoms with Gasteiger partial charge < -0.3 is 5.32 Å². The molecule has 2 aromatic carbocycles. The van der Waals surface area contributed by atoms with Crippen LogP contribution >= 0.6 is 31.9 Å². The van der Waals surface area contributed by atoms with Gasteiger partial charge in [-0.05, 0) is 68.5 Å². The average molecular weight is 383 g/mol. The van der Waals surface area contributed by atoms with E-state index >= 15 is 0 Å². The Morgan fingerprint density at radius 3 is 2.37 bits per heavy atom. The van der Waals surface area contributed by atoms with E-state index in [1.54, 1.807) is 0 Å². The highest BCUT2D eigenvalue weighted by Gasteiger charge is 2.04. The molecule has 0 fully saturated rings. The largest absolute Gasteiger partial charge is 0.310 e. The van der Waals surface area contributed by atoms with Crippen LogP contribution < -0.4 is 5.32 Å². The Kier molecular flexibility index (Phi) is 5.61. The molecule has 0 aromatic heterocycles. The van der Waals surface area contributed by atoms with E-state index in [1.165, 1.54) is 11.1 Å². The van der Waals surface area contributed by atoms with Gasteiger partial charge in [0.05, 0.1) is 0 Å². The first kappa shape index (κ1) is 14.8. The molecule has 1 nitrogen and oxygen atoms in total. The fourth-order valence-electron chi connectivity index (χ4n) is 1.98. The molecule has 19 heavy (non-hydrogen) atoms. The molecule has 0 aliphatic heterocycles. The Bertz CT molecular complexity index is 526. The lowest BCUT2D eigenvalue weighted by molar-refractivity contribution is 0.545. The zero-order chi connectivity index (χ0) is 13.7. The minimum atomic E-state index is 0.463. The van der Waals surface area contributed by atoms with Crippen LogP contribution in [0, 0.1) is 0 Å². The average Bonchev–Trinajstić information content (AvgIpc) is 2.41. The standard InChI is InChI=1S/C16H17Br2N/c1-12(9-13-5-3-2-4-6-13)19-11-14-7-8-15(17)16(18)10-14/h2-8,10,12,19H,9,11H2,1H3. The van der Waals surface area contributed by atoms with Crippen molar-refractivity contribution in [2.24, 2.45) is 0 Å². The monoisotopic (exact) mass is 381 g/mol. The maximum absolute atomic E-state index is 3.56. The van der Waals surface area contributed by atoms with Gasteiger partial charge in [-0.1, -0.05) is 36.4 Å². The smallest absolute Gasteiger partial charge is 0.0320 e. The Labute approximate surface area is 131 Å². The highest BCUT2D eigenvalue weighted by molar-refractivity contribution is 9.13. The lowest BCUT2D eigenvalue weighted by Crippen LogP contribution is -2.27. The molecule has 0 spiro atoms. The first-order valence-corrected chi connectivity index (χ1v) is 7.95. The van der Waals surface area contributed by atoms with Crippen molar-refractivity contribution in [1.29, 1.82) is 0 Å². The highest BCUT2D eigenvalue weighted by atomic mass is 79.9. The third kappa shape index (κ3) is 4.75. The van der Waals surface area contributed by atoms with E-state index in [1.807, 2.05) is 0 Å². The van der Waals surface area contributed by atoms with Crippen molar-refractivity contribution in [3.05, 3.63) is 68.6 Å². The van der Waals surface area contributed by atoms with Crippen molar-refractivity contribution >= 4 is 31.9 Å². The summed E-state index contributed by atoms with van der Waals surface area (Å²) in [6.07, 6.45) is 1.05. The highest BCUT2D eigenvalue weighted by Crippen LogP contribution is 2.23. The molecule has 3 heteroatoms. The molecule has 2 aromatic rings. The Morgan fingerprint density at radius 1 is 0.947 bits per heavy atom. The van der Waals surface area contributed by atoms with Crippen LogP contribution in [0.15, 0.2) is 57.5 Å². The van der Waals surface area contributed by atoms with E-state index < -0.39 is 0 Å². The summed E-state index contributed by atoms with van der Waals surface area (Å²) >= 11 is 7.02. The molecule has 0 bridgehead atoms. The summed E-state index contributed by atoms with van der Waals surface area (Å²) in [6, 6.07) is 17.4. The zero-order valence-corrected chi connectivity index (χ0v) is 14.0. The van der Waals surface area contributed by atoms with Gasteiger partial charge in [-0.15, -0.1) is 0 Å². The van der Waals surface area contributed by atoms with Gasteiger partial charge in [0.2, 0.25) is 0 Å². The van der Waals surface area contributed by atoms with E-state index in [4.69, 9.17) is 0 Å². The number of halogens is 2. The van der Waals surface area contributed by atoms with Crippen LogP contribution in [0.5, 0.6) is 0 Å². The predicted octanol–water partition coefficient (Wildman–Crippen LogP) is 4.93. The van der Waals surface area contributed by atoms with Crippen molar-refractivity contribution in [1.82, 2.24) is 5.32 Å². The van der Waals surface area contributed by atoms with Gasteiger partial charge >= 0.3 is 0 Å². The summed E-state index contributed by atoms with van der Waals surface area (Å²) < 4.78 is 2.19. The van der Waals surface area contributed by atoms with Crippen LogP contribution in [0.25, 0.3) is 0 Å². The number of benzene rings is 2. The van der Waals surface area contributed by atoms with Gasteiger partial charge in [-0.3, -0.25) is 0 Å². The minimum absolute atomic E-state index is 0.463. The quantitative estimate of drug-likeness (QED) is 0.772. The number of hydrogen-bond acceptors (Lipinski definition) is 1. The first-order valence-electron chi connectivity index (χ1n) is 6.36. The minimum Gasteiger partial charge on any atom is -0.310 e. The van der Waals surface area contributed by atoms with E-state index in [0.29, 0.717) is 6.04 Å². The molecule has 0 amide bonds. The second-order valence-electron chi connectivity index (χ2n) is 4.72. The van der Waals surface area contributed by atoms with Gasteiger partial charge in [0.15, 0.2) is 0 Å². The van der Waals surface area contributed by atoms with Gasteiger partial charge in [0, 0.05) is 21.5 Å². The summed E-state index contributed by atoms with van der Waals surface area (Å²) in [7, 11) is 0. The van der Waals surface area contributed by atoms with Crippen LogP contribution in [0.2, 0.25) is 0 Å². The van der Waals surface area contributed by atoms with E-state index in [2.05, 4.69) is 92.6 Å². The molecule has 1 N–H and O–H groups in total.